The van der Waals surface area contributed by atoms with E-state index in [0.717, 1.165) is 0 Å². The second kappa shape index (κ2) is 6.21. The fourth-order valence-corrected chi connectivity index (χ4v) is 1.31. The van der Waals surface area contributed by atoms with E-state index in [1.54, 1.807) is 39.0 Å². The average Bonchev–Trinajstić information content (AvgIpc) is 2.33. The molecule has 1 aromatic rings. The second-order valence-electron chi connectivity index (χ2n) is 4.96. The van der Waals surface area contributed by atoms with E-state index in [1.165, 1.54) is 12.1 Å². The van der Waals surface area contributed by atoms with Gasteiger partial charge in [0.05, 0.1) is 0 Å². The van der Waals surface area contributed by atoms with Crippen LogP contribution in [0.2, 0.25) is 0 Å². The van der Waals surface area contributed by atoms with Crippen LogP contribution < -0.4 is 0 Å². The lowest BCUT2D eigenvalue weighted by atomic mass is 10.0. The third-order valence-electron chi connectivity index (χ3n) is 2.07. The Kier molecular flexibility index (Phi) is 4.88. The van der Waals surface area contributed by atoms with Gasteiger partial charge >= 0.3 is 11.9 Å². The number of carboxylic acid groups (broad SMARTS) is 2. The topological polar surface area (TPSA) is 93.1 Å². The van der Waals surface area contributed by atoms with Crippen LogP contribution in [0.5, 0.6) is 0 Å². The number of carboxylic acids is 2. The van der Waals surface area contributed by atoms with Gasteiger partial charge in [0.25, 0.3) is 5.76 Å². The van der Waals surface area contributed by atoms with Crippen molar-refractivity contribution in [3.8, 4) is 0 Å². The summed E-state index contributed by atoms with van der Waals surface area (Å²) in [5.74, 6) is -3.69. The van der Waals surface area contributed by atoms with E-state index in [4.69, 9.17) is 14.9 Å². The lowest BCUT2D eigenvalue weighted by Gasteiger charge is -2.18. The Labute approximate surface area is 116 Å². The Balaban J connectivity index is 3.27. The van der Waals surface area contributed by atoms with E-state index in [9.17, 15) is 14.7 Å². The van der Waals surface area contributed by atoms with E-state index in [1.807, 2.05) is 0 Å². The Bertz CT molecular complexity index is 524. The molecule has 1 aromatic carbocycles. The van der Waals surface area contributed by atoms with Crippen LogP contribution in [0.3, 0.4) is 0 Å². The van der Waals surface area contributed by atoms with Crippen LogP contribution in [0.4, 0.5) is 0 Å². The van der Waals surface area contributed by atoms with Crippen molar-refractivity contribution < 1.29 is 29.6 Å². The molecule has 0 spiro atoms. The third-order valence-corrected chi connectivity index (χ3v) is 2.07. The SMILES string of the molecule is CC(C)(C)OOC(C(=O)O)=C(C(=O)O)c1ccccc1. The summed E-state index contributed by atoms with van der Waals surface area (Å²) in [6.45, 7) is 4.94. The standard InChI is InChI=1S/C14H16O6/c1-14(2,3)20-19-11(13(17)18)10(12(15)16)9-7-5-4-6-8-9/h4-8H,1-3H3,(H,15,16)(H,17,18). The normalized spacial score (nSPS) is 12.6. The predicted octanol–water partition coefficient (Wildman–Crippen LogP) is 2.31. The Morgan fingerprint density at radius 1 is 1.00 bits per heavy atom. The van der Waals surface area contributed by atoms with Gasteiger partial charge in [-0.25, -0.2) is 9.59 Å². The molecule has 1 rings (SSSR count). The fraction of sp³-hybridized carbons (Fsp3) is 0.286. The summed E-state index contributed by atoms with van der Waals surface area (Å²) in [5.41, 5.74) is -1.03. The van der Waals surface area contributed by atoms with Gasteiger partial charge in [-0.1, -0.05) is 30.3 Å². The molecule has 0 heterocycles. The van der Waals surface area contributed by atoms with E-state index >= 15 is 0 Å². The summed E-state index contributed by atoms with van der Waals surface area (Å²) in [7, 11) is 0. The zero-order valence-electron chi connectivity index (χ0n) is 11.4. The van der Waals surface area contributed by atoms with Crippen molar-refractivity contribution >= 4 is 17.5 Å². The summed E-state index contributed by atoms with van der Waals surface area (Å²) in [5, 5.41) is 18.3. The molecule has 0 aromatic heterocycles. The quantitative estimate of drug-likeness (QED) is 0.372. The molecule has 20 heavy (non-hydrogen) atoms. The maximum absolute atomic E-state index is 11.3. The Morgan fingerprint density at radius 2 is 1.55 bits per heavy atom. The minimum atomic E-state index is -1.52. The number of carbonyl (C=O) groups is 2. The first-order chi connectivity index (χ1) is 9.22. The summed E-state index contributed by atoms with van der Waals surface area (Å²) in [4.78, 5) is 32.2. The highest BCUT2D eigenvalue weighted by Gasteiger charge is 2.26. The van der Waals surface area contributed by atoms with Gasteiger partial charge in [0.1, 0.15) is 11.2 Å². The Hall–Kier alpha value is -2.34. The fourth-order valence-electron chi connectivity index (χ4n) is 1.31. The first-order valence-corrected chi connectivity index (χ1v) is 5.84. The van der Waals surface area contributed by atoms with Crippen molar-refractivity contribution in [1.29, 1.82) is 0 Å². The first kappa shape index (κ1) is 15.7. The number of aliphatic carboxylic acids is 2. The molecular formula is C14H16O6. The molecule has 0 saturated carbocycles. The highest BCUT2D eigenvalue weighted by atomic mass is 17.2. The molecule has 6 heteroatoms. The third kappa shape index (κ3) is 4.40. The molecule has 0 unspecified atom stereocenters. The van der Waals surface area contributed by atoms with Crippen molar-refractivity contribution in [3.63, 3.8) is 0 Å². The van der Waals surface area contributed by atoms with Crippen LogP contribution in [0, 0.1) is 0 Å². The summed E-state index contributed by atoms with van der Waals surface area (Å²) < 4.78 is 0. The molecule has 6 nitrogen and oxygen atoms in total. The molecule has 0 aliphatic carbocycles. The molecule has 0 fully saturated rings. The molecule has 0 amide bonds. The van der Waals surface area contributed by atoms with Crippen LogP contribution in [0.25, 0.3) is 5.57 Å². The van der Waals surface area contributed by atoms with E-state index in [2.05, 4.69) is 0 Å². The summed E-state index contributed by atoms with van der Waals surface area (Å²) >= 11 is 0. The molecule has 0 aliphatic rings. The molecule has 2 N–H and O–H groups in total. The largest absolute Gasteiger partial charge is 0.478 e. The molecule has 0 radical (unpaired) electrons. The molecule has 0 bridgehead atoms. The number of benzene rings is 1. The first-order valence-electron chi connectivity index (χ1n) is 5.84. The van der Waals surface area contributed by atoms with Crippen LogP contribution in [0.15, 0.2) is 36.1 Å². The van der Waals surface area contributed by atoms with Gasteiger partial charge in [0.15, 0.2) is 0 Å². The predicted molar refractivity (Wildman–Crippen MR) is 70.6 cm³/mol. The number of rotatable bonds is 5. The van der Waals surface area contributed by atoms with Gasteiger partial charge < -0.3 is 15.1 Å². The maximum atomic E-state index is 11.3. The van der Waals surface area contributed by atoms with E-state index < -0.39 is 28.9 Å². The molecule has 108 valence electrons. The zero-order chi connectivity index (χ0) is 15.3. The monoisotopic (exact) mass is 280 g/mol. The summed E-state index contributed by atoms with van der Waals surface area (Å²) in [6.07, 6.45) is 0. The van der Waals surface area contributed by atoms with Crippen molar-refractivity contribution in [1.82, 2.24) is 0 Å². The van der Waals surface area contributed by atoms with Crippen LogP contribution in [-0.2, 0) is 19.4 Å². The van der Waals surface area contributed by atoms with Gasteiger partial charge in [-0.05, 0) is 26.3 Å². The van der Waals surface area contributed by atoms with Gasteiger partial charge in [-0.2, -0.15) is 4.89 Å². The Morgan fingerprint density at radius 3 is 1.95 bits per heavy atom. The minimum Gasteiger partial charge on any atom is -0.478 e. The number of hydrogen-bond acceptors (Lipinski definition) is 4. The highest BCUT2D eigenvalue weighted by molar-refractivity contribution is 6.20. The van der Waals surface area contributed by atoms with Crippen LogP contribution in [0.1, 0.15) is 26.3 Å². The van der Waals surface area contributed by atoms with Crippen molar-refractivity contribution in [2.75, 3.05) is 0 Å². The molecule has 0 aliphatic heterocycles. The highest BCUT2D eigenvalue weighted by Crippen LogP contribution is 2.22. The van der Waals surface area contributed by atoms with Crippen molar-refractivity contribution in [2.24, 2.45) is 0 Å². The molecular weight excluding hydrogens is 264 g/mol. The minimum absolute atomic E-state index is 0.218. The lowest BCUT2D eigenvalue weighted by molar-refractivity contribution is -0.320. The van der Waals surface area contributed by atoms with Crippen LogP contribution >= 0.6 is 0 Å². The number of hydrogen-bond donors (Lipinski definition) is 2. The molecule has 0 saturated heterocycles. The van der Waals surface area contributed by atoms with Crippen LogP contribution in [-0.4, -0.2) is 27.8 Å². The maximum Gasteiger partial charge on any atom is 0.376 e. The molecule has 0 atom stereocenters. The van der Waals surface area contributed by atoms with Crippen molar-refractivity contribution in [3.05, 3.63) is 41.7 Å². The average molecular weight is 280 g/mol. The van der Waals surface area contributed by atoms with Gasteiger partial charge in [-0.15, -0.1) is 0 Å². The van der Waals surface area contributed by atoms with E-state index in [0.29, 0.717) is 0 Å². The zero-order valence-corrected chi connectivity index (χ0v) is 11.4. The van der Waals surface area contributed by atoms with Gasteiger partial charge in [0, 0.05) is 0 Å². The van der Waals surface area contributed by atoms with Gasteiger partial charge in [0.2, 0.25) is 0 Å². The van der Waals surface area contributed by atoms with Gasteiger partial charge in [-0.3, -0.25) is 0 Å². The summed E-state index contributed by atoms with van der Waals surface area (Å²) in [6, 6.07) is 7.85. The smallest absolute Gasteiger partial charge is 0.376 e. The lowest BCUT2D eigenvalue weighted by Crippen LogP contribution is -2.22. The van der Waals surface area contributed by atoms with E-state index in [-0.39, 0.29) is 5.56 Å². The second-order valence-corrected chi connectivity index (χ2v) is 4.96. The van der Waals surface area contributed by atoms with Crippen molar-refractivity contribution in [2.45, 2.75) is 26.4 Å².